The van der Waals surface area contributed by atoms with Crippen molar-refractivity contribution in [2.75, 3.05) is 6.54 Å². The Balaban J connectivity index is 1.70. The van der Waals surface area contributed by atoms with Gasteiger partial charge in [0.15, 0.2) is 0 Å². The van der Waals surface area contributed by atoms with E-state index in [1.807, 2.05) is 38.1 Å². The van der Waals surface area contributed by atoms with Crippen LogP contribution in [0, 0.1) is 6.92 Å². The highest BCUT2D eigenvalue weighted by atomic mass is 16.2. The largest absolute Gasteiger partial charge is 0.334 e. The Hall–Kier alpha value is -3.22. The van der Waals surface area contributed by atoms with Gasteiger partial charge in [-0.05, 0) is 37.8 Å². The smallest absolute Gasteiger partial charge is 0.330 e. The van der Waals surface area contributed by atoms with Crippen molar-refractivity contribution >= 4 is 16.9 Å². The Bertz CT molecular complexity index is 1170. The van der Waals surface area contributed by atoms with Crippen LogP contribution in [0.4, 0.5) is 0 Å². The Kier molecular flexibility index (Phi) is 5.05. The molecule has 4 rings (SSSR count). The molecule has 1 saturated carbocycles. The average molecular weight is 392 g/mol. The minimum Gasteiger partial charge on any atom is -0.334 e. The lowest BCUT2D eigenvalue weighted by molar-refractivity contribution is 0.0743. The molecule has 0 atom stereocenters. The molecule has 1 amide bonds. The molecule has 1 aliphatic rings. The summed E-state index contributed by atoms with van der Waals surface area (Å²) in [4.78, 5) is 46.1. The standard InChI is InChI=1S/C22H24N4O3/c1-3-10-25(13-15-6-4-14(2)5-7-15)21(28)16-11-18-19(23-12-16)26(17-8-9-17)22(29)24-20(18)27/h4-7,11-12,17H,3,8-10,13H2,1-2H3,(H,24,27,29). The van der Waals surface area contributed by atoms with E-state index >= 15 is 0 Å². The van der Waals surface area contributed by atoms with E-state index in [0.717, 1.165) is 24.8 Å². The third kappa shape index (κ3) is 3.85. The van der Waals surface area contributed by atoms with Crippen LogP contribution in [-0.4, -0.2) is 31.9 Å². The summed E-state index contributed by atoms with van der Waals surface area (Å²) in [5.74, 6) is -0.176. The van der Waals surface area contributed by atoms with Gasteiger partial charge in [0.1, 0.15) is 5.65 Å². The van der Waals surface area contributed by atoms with Gasteiger partial charge in [0.25, 0.3) is 11.5 Å². The Morgan fingerprint density at radius 1 is 1.24 bits per heavy atom. The van der Waals surface area contributed by atoms with E-state index in [1.54, 1.807) is 11.0 Å². The van der Waals surface area contributed by atoms with Crippen molar-refractivity contribution in [2.45, 2.75) is 45.7 Å². The lowest BCUT2D eigenvalue weighted by atomic mass is 10.1. The van der Waals surface area contributed by atoms with Crippen molar-refractivity contribution in [1.29, 1.82) is 0 Å². The predicted octanol–water partition coefficient (Wildman–Crippen LogP) is 2.78. The van der Waals surface area contributed by atoms with Crippen molar-refractivity contribution in [3.8, 4) is 0 Å². The van der Waals surface area contributed by atoms with Crippen LogP contribution in [0.1, 0.15) is 53.7 Å². The Labute approximate surface area is 168 Å². The van der Waals surface area contributed by atoms with Crippen LogP contribution in [0.25, 0.3) is 11.0 Å². The molecule has 0 aliphatic heterocycles. The third-order valence-corrected chi connectivity index (χ3v) is 5.21. The highest BCUT2D eigenvalue weighted by Crippen LogP contribution is 2.34. The lowest BCUT2D eigenvalue weighted by Gasteiger charge is -2.22. The summed E-state index contributed by atoms with van der Waals surface area (Å²) in [5, 5.41) is 0.272. The normalized spacial score (nSPS) is 13.6. The first-order valence-corrected chi connectivity index (χ1v) is 9.97. The third-order valence-electron chi connectivity index (χ3n) is 5.21. The number of nitrogens with zero attached hydrogens (tertiary/aromatic N) is 3. The number of aromatic nitrogens is 3. The molecule has 1 aliphatic carbocycles. The van der Waals surface area contributed by atoms with E-state index in [4.69, 9.17) is 0 Å². The molecule has 1 fully saturated rings. The molecule has 2 heterocycles. The zero-order valence-electron chi connectivity index (χ0n) is 16.6. The molecule has 3 aromatic rings. The van der Waals surface area contributed by atoms with Gasteiger partial charge in [0.2, 0.25) is 0 Å². The van der Waals surface area contributed by atoms with E-state index in [9.17, 15) is 14.4 Å². The number of aryl methyl sites for hydroxylation is 1. The number of nitrogens with one attached hydrogen (secondary N) is 1. The van der Waals surface area contributed by atoms with E-state index in [2.05, 4.69) is 9.97 Å². The van der Waals surface area contributed by atoms with Crippen LogP contribution in [0.5, 0.6) is 0 Å². The summed E-state index contributed by atoms with van der Waals surface area (Å²) in [6, 6.07) is 9.72. The summed E-state index contributed by atoms with van der Waals surface area (Å²) >= 11 is 0. The van der Waals surface area contributed by atoms with Gasteiger partial charge in [-0.2, -0.15) is 0 Å². The van der Waals surface area contributed by atoms with Gasteiger partial charge >= 0.3 is 5.69 Å². The van der Waals surface area contributed by atoms with Crippen LogP contribution in [0.15, 0.2) is 46.1 Å². The Morgan fingerprint density at radius 3 is 2.62 bits per heavy atom. The molecule has 0 spiro atoms. The van der Waals surface area contributed by atoms with Gasteiger partial charge in [-0.1, -0.05) is 36.8 Å². The zero-order valence-corrected chi connectivity index (χ0v) is 16.6. The summed E-state index contributed by atoms with van der Waals surface area (Å²) < 4.78 is 1.53. The van der Waals surface area contributed by atoms with Gasteiger partial charge in [0.05, 0.1) is 10.9 Å². The summed E-state index contributed by atoms with van der Waals surface area (Å²) in [7, 11) is 0. The first-order valence-electron chi connectivity index (χ1n) is 9.97. The molecular weight excluding hydrogens is 368 g/mol. The average Bonchev–Trinajstić information content (AvgIpc) is 3.53. The van der Waals surface area contributed by atoms with Crippen LogP contribution in [-0.2, 0) is 6.54 Å². The van der Waals surface area contributed by atoms with Crippen molar-refractivity contribution < 1.29 is 4.79 Å². The van der Waals surface area contributed by atoms with Gasteiger partial charge in [-0.15, -0.1) is 0 Å². The maximum Gasteiger partial charge on any atom is 0.330 e. The van der Waals surface area contributed by atoms with E-state index < -0.39 is 11.2 Å². The van der Waals surface area contributed by atoms with Crippen LogP contribution in [0.3, 0.4) is 0 Å². The number of benzene rings is 1. The van der Waals surface area contributed by atoms with Crippen molar-refractivity contribution in [3.63, 3.8) is 0 Å². The van der Waals surface area contributed by atoms with Crippen molar-refractivity contribution in [1.82, 2.24) is 19.4 Å². The number of carbonyl (C=O) groups excluding carboxylic acids is 1. The summed E-state index contributed by atoms with van der Waals surface area (Å²) in [5.41, 5.74) is 1.96. The van der Waals surface area contributed by atoms with Gasteiger partial charge in [0, 0.05) is 25.3 Å². The number of fused-ring (bicyclic) bond motifs is 1. The number of rotatable bonds is 6. The SMILES string of the molecule is CCCN(Cc1ccc(C)cc1)C(=O)c1cnc2c(c1)c(=O)[nH]c(=O)n2C1CC1. The molecular formula is C22H24N4O3. The fourth-order valence-corrected chi connectivity index (χ4v) is 3.54. The fraction of sp³-hybridized carbons (Fsp3) is 0.364. The first-order chi connectivity index (χ1) is 14.0. The molecule has 1 N–H and O–H groups in total. The minimum atomic E-state index is -0.510. The maximum atomic E-state index is 13.2. The topological polar surface area (TPSA) is 88.1 Å². The van der Waals surface area contributed by atoms with Crippen LogP contribution in [0.2, 0.25) is 0 Å². The maximum absolute atomic E-state index is 13.2. The summed E-state index contributed by atoms with van der Waals surface area (Å²) in [6.07, 6.45) is 4.08. The molecule has 7 nitrogen and oxygen atoms in total. The molecule has 0 bridgehead atoms. The highest BCUT2D eigenvalue weighted by Gasteiger charge is 2.28. The molecule has 29 heavy (non-hydrogen) atoms. The number of hydrogen-bond acceptors (Lipinski definition) is 4. The second-order valence-corrected chi connectivity index (χ2v) is 7.67. The second kappa shape index (κ2) is 7.66. The number of aromatic amines is 1. The van der Waals surface area contributed by atoms with E-state index in [-0.39, 0.29) is 17.3 Å². The molecule has 0 unspecified atom stereocenters. The number of carbonyl (C=O) groups is 1. The molecule has 0 radical (unpaired) electrons. The van der Waals surface area contributed by atoms with Gasteiger partial charge in [-0.25, -0.2) is 9.78 Å². The van der Waals surface area contributed by atoms with Crippen molar-refractivity contribution in [3.05, 3.63) is 74.1 Å². The molecule has 2 aromatic heterocycles. The van der Waals surface area contributed by atoms with Crippen molar-refractivity contribution in [2.24, 2.45) is 0 Å². The number of pyridine rings is 1. The molecule has 1 aromatic carbocycles. The van der Waals surface area contributed by atoms with E-state index in [0.29, 0.717) is 24.3 Å². The quantitative estimate of drug-likeness (QED) is 0.699. The first kappa shape index (κ1) is 19.1. The molecule has 7 heteroatoms. The second-order valence-electron chi connectivity index (χ2n) is 7.67. The van der Waals surface area contributed by atoms with E-state index in [1.165, 1.54) is 16.3 Å². The zero-order chi connectivity index (χ0) is 20.5. The predicted molar refractivity (Wildman–Crippen MR) is 111 cm³/mol. The highest BCUT2D eigenvalue weighted by molar-refractivity contribution is 5.96. The molecule has 0 saturated heterocycles. The monoisotopic (exact) mass is 392 g/mol. The van der Waals surface area contributed by atoms with Crippen LogP contribution >= 0.6 is 0 Å². The summed E-state index contributed by atoms with van der Waals surface area (Å²) in [6.45, 7) is 5.14. The number of H-pyrrole nitrogens is 1. The lowest BCUT2D eigenvalue weighted by Crippen LogP contribution is -2.33. The number of amides is 1. The Morgan fingerprint density at radius 2 is 1.97 bits per heavy atom. The number of hydrogen-bond donors (Lipinski definition) is 1. The minimum absolute atomic E-state index is 0.0778. The van der Waals surface area contributed by atoms with Gasteiger partial charge in [-0.3, -0.25) is 19.1 Å². The van der Waals surface area contributed by atoms with Gasteiger partial charge < -0.3 is 4.90 Å². The van der Waals surface area contributed by atoms with Crippen LogP contribution < -0.4 is 11.2 Å². The molecule has 150 valence electrons. The fourth-order valence-electron chi connectivity index (χ4n) is 3.54.